The van der Waals surface area contributed by atoms with Crippen LogP contribution in [-0.4, -0.2) is 117 Å². The summed E-state index contributed by atoms with van der Waals surface area (Å²) in [6, 6.07) is 16.0. The molecule has 5 aliphatic rings. The molecule has 0 aliphatic carbocycles. The molecule has 0 bridgehead atoms. The molecule has 5 fully saturated rings. The van der Waals surface area contributed by atoms with E-state index in [1.807, 2.05) is 42.4 Å². The van der Waals surface area contributed by atoms with Gasteiger partial charge in [0.15, 0.2) is 5.60 Å². The Labute approximate surface area is 336 Å². The topological polar surface area (TPSA) is 149 Å². The van der Waals surface area contributed by atoms with E-state index < -0.39 is 23.2 Å². The van der Waals surface area contributed by atoms with E-state index in [9.17, 15) is 19.5 Å². The van der Waals surface area contributed by atoms with Crippen molar-refractivity contribution < 1.29 is 28.6 Å². The molecule has 1 spiro atoms. The van der Waals surface area contributed by atoms with Crippen LogP contribution in [0.2, 0.25) is 0 Å². The number of likely N-dealkylation sites (tertiary alicyclic amines) is 2. The number of carbonyl (C=O) groups excluding carboxylic acids is 3. The molecule has 2 N–H and O–H groups in total. The van der Waals surface area contributed by atoms with Crippen LogP contribution in [0.1, 0.15) is 56.4 Å². The van der Waals surface area contributed by atoms with Gasteiger partial charge in [-0.05, 0) is 68.5 Å². The number of benzene rings is 2. The Morgan fingerprint density at radius 2 is 1.71 bits per heavy atom. The predicted octanol–water partition coefficient (Wildman–Crippen LogP) is 4.11. The van der Waals surface area contributed by atoms with Gasteiger partial charge < -0.3 is 29.4 Å². The highest BCUT2D eigenvalue weighted by atomic mass is 19.1. The van der Waals surface area contributed by atoms with E-state index in [1.165, 1.54) is 6.07 Å². The molecule has 2 aromatic carbocycles. The molecule has 15 heteroatoms. The molecular weight excluding hydrogens is 742 g/mol. The van der Waals surface area contributed by atoms with Gasteiger partial charge in [-0.25, -0.2) is 4.39 Å². The molecule has 9 rings (SSSR count). The third-order valence-corrected chi connectivity index (χ3v) is 13.0. The molecule has 3 amide bonds. The Balaban J connectivity index is 0.752. The lowest BCUT2D eigenvalue weighted by Crippen LogP contribution is -2.75. The predicted molar refractivity (Wildman–Crippen MR) is 214 cm³/mol. The zero-order valence-corrected chi connectivity index (χ0v) is 32.9. The molecule has 0 saturated carbocycles. The largest absolute Gasteiger partial charge is 0.507 e. The summed E-state index contributed by atoms with van der Waals surface area (Å²) >= 11 is 0. The van der Waals surface area contributed by atoms with Crippen LogP contribution in [0, 0.1) is 17.2 Å². The number of rotatable bonds is 10. The minimum atomic E-state index is -1.02. The van der Waals surface area contributed by atoms with E-state index in [0.717, 1.165) is 76.5 Å². The zero-order chi connectivity index (χ0) is 40.0. The van der Waals surface area contributed by atoms with Gasteiger partial charge in [-0.1, -0.05) is 18.2 Å². The summed E-state index contributed by atoms with van der Waals surface area (Å²) in [5.74, 6) is -0.511. The molecule has 304 valence electrons. The Bertz CT molecular complexity index is 2180. The first kappa shape index (κ1) is 38.0. The van der Waals surface area contributed by atoms with Gasteiger partial charge in [0, 0.05) is 113 Å². The second-order valence-electron chi connectivity index (χ2n) is 17.0. The second-order valence-corrected chi connectivity index (χ2v) is 17.0. The van der Waals surface area contributed by atoms with Gasteiger partial charge in [-0.3, -0.25) is 24.4 Å². The average molecular weight is 792 g/mol. The number of piperidine rings is 3. The van der Waals surface area contributed by atoms with Crippen LogP contribution in [0.5, 0.6) is 11.6 Å². The number of aryl methyl sites for hydroxylation is 1. The maximum Gasteiger partial charge on any atom is 0.267 e. The average Bonchev–Trinajstić information content (AvgIpc) is 3.61. The van der Waals surface area contributed by atoms with Gasteiger partial charge in [0.1, 0.15) is 11.6 Å². The summed E-state index contributed by atoms with van der Waals surface area (Å²) in [5, 5.41) is 25.7. The van der Waals surface area contributed by atoms with Crippen molar-refractivity contribution in [2.45, 2.75) is 56.5 Å². The highest BCUT2D eigenvalue weighted by Crippen LogP contribution is 2.43. The molecule has 0 radical (unpaired) electrons. The highest BCUT2D eigenvalue weighted by Gasteiger charge is 2.57. The number of halogens is 1. The van der Waals surface area contributed by atoms with Crippen LogP contribution in [0.4, 0.5) is 15.8 Å². The number of nitrogens with one attached hydrogen (secondary N) is 1. The number of imide groups is 1. The summed E-state index contributed by atoms with van der Waals surface area (Å²) in [7, 11) is 1.84. The van der Waals surface area contributed by atoms with Crippen molar-refractivity contribution in [1.29, 1.82) is 0 Å². The van der Waals surface area contributed by atoms with Crippen LogP contribution >= 0.6 is 0 Å². The minimum Gasteiger partial charge on any atom is -0.507 e. The third-order valence-electron chi connectivity index (χ3n) is 13.0. The first-order valence-electron chi connectivity index (χ1n) is 20.5. The van der Waals surface area contributed by atoms with Crippen molar-refractivity contribution in [2.75, 3.05) is 68.7 Å². The van der Waals surface area contributed by atoms with Crippen molar-refractivity contribution in [3.05, 3.63) is 78.4 Å². The number of phenols is 1. The van der Waals surface area contributed by atoms with Crippen LogP contribution in [0.3, 0.4) is 0 Å². The smallest absolute Gasteiger partial charge is 0.267 e. The second kappa shape index (κ2) is 15.3. The maximum atomic E-state index is 15.2. The van der Waals surface area contributed by atoms with Crippen molar-refractivity contribution in [3.63, 3.8) is 0 Å². The fraction of sp³-hybridized carbons (Fsp3) is 0.488. The van der Waals surface area contributed by atoms with Crippen molar-refractivity contribution >= 4 is 29.1 Å². The van der Waals surface area contributed by atoms with Crippen molar-refractivity contribution in [3.8, 4) is 22.9 Å². The Kier molecular flexibility index (Phi) is 10.0. The Hall–Kier alpha value is -5.57. The van der Waals surface area contributed by atoms with Gasteiger partial charge >= 0.3 is 0 Å². The highest BCUT2D eigenvalue weighted by molar-refractivity contribution is 6.01. The minimum absolute atomic E-state index is 0.0295. The van der Waals surface area contributed by atoms with Gasteiger partial charge in [-0.15, -0.1) is 5.10 Å². The SMILES string of the molecule is Cn1ccc(OC2(C(=O)N3CC4(CN(CCC5CCN(c6ccc([C@H]7CCC(=O)NC7=O)c(F)c6)CC5)C4)C3)CCN(c3cnnc(-c4ccccc4O)c3)CC2)n1. The quantitative estimate of drug-likeness (QED) is 0.224. The lowest BCUT2D eigenvalue weighted by molar-refractivity contribution is -0.176. The summed E-state index contributed by atoms with van der Waals surface area (Å²) in [4.78, 5) is 47.1. The van der Waals surface area contributed by atoms with Gasteiger partial charge in [0.05, 0.1) is 23.5 Å². The molecule has 5 aliphatic heterocycles. The molecule has 58 heavy (non-hydrogen) atoms. The third kappa shape index (κ3) is 7.47. The van der Waals surface area contributed by atoms with E-state index in [-0.39, 0.29) is 29.4 Å². The number of aromatic hydroxyl groups is 1. The van der Waals surface area contributed by atoms with E-state index in [0.29, 0.717) is 61.0 Å². The number of carbonyl (C=O) groups is 3. The molecule has 7 heterocycles. The number of para-hydroxylation sites is 1. The normalized spacial score (nSPS) is 22.0. The first-order valence-corrected chi connectivity index (χ1v) is 20.5. The Morgan fingerprint density at radius 3 is 2.41 bits per heavy atom. The molecule has 14 nitrogen and oxygen atoms in total. The number of amides is 3. The Morgan fingerprint density at radius 1 is 0.948 bits per heavy atom. The molecular formula is C43H50FN9O5. The summed E-state index contributed by atoms with van der Waals surface area (Å²) in [5.41, 5.74) is 2.39. The van der Waals surface area contributed by atoms with Crippen LogP contribution in [-0.2, 0) is 21.4 Å². The van der Waals surface area contributed by atoms with Crippen LogP contribution < -0.4 is 19.9 Å². The van der Waals surface area contributed by atoms with E-state index in [1.54, 1.807) is 35.1 Å². The van der Waals surface area contributed by atoms with E-state index >= 15 is 4.39 Å². The molecule has 5 saturated heterocycles. The number of anilines is 2. The molecule has 2 aromatic heterocycles. The van der Waals surface area contributed by atoms with Crippen molar-refractivity contribution in [1.82, 2.24) is 35.1 Å². The first-order chi connectivity index (χ1) is 28.1. The van der Waals surface area contributed by atoms with E-state index in [4.69, 9.17) is 4.74 Å². The molecule has 4 aromatic rings. The van der Waals surface area contributed by atoms with Gasteiger partial charge in [0.2, 0.25) is 17.7 Å². The fourth-order valence-electron chi connectivity index (χ4n) is 9.77. The number of hydrogen-bond donors (Lipinski definition) is 2. The monoisotopic (exact) mass is 791 g/mol. The summed E-state index contributed by atoms with van der Waals surface area (Å²) in [6.45, 7) is 7.38. The molecule has 0 unspecified atom stereocenters. The lowest BCUT2D eigenvalue weighted by atomic mass is 9.71. The number of aromatic nitrogens is 4. The molecule has 1 atom stereocenters. The van der Waals surface area contributed by atoms with Crippen LogP contribution in [0.25, 0.3) is 11.3 Å². The van der Waals surface area contributed by atoms with Gasteiger partial charge in [0.25, 0.3) is 5.91 Å². The number of nitrogens with zero attached hydrogens (tertiary/aromatic N) is 8. The van der Waals surface area contributed by atoms with Gasteiger partial charge in [-0.2, -0.15) is 10.2 Å². The van der Waals surface area contributed by atoms with E-state index in [2.05, 4.69) is 35.3 Å². The van der Waals surface area contributed by atoms with Crippen LogP contribution in [0.15, 0.2) is 67.0 Å². The maximum absolute atomic E-state index is 15.2. The fourth-order valence-corrected chi connectivity index (χ4v) is 9.77. The lowest BCUT2D eigenvalue weighted by Gasteiger charge is -2.61. The number of ether oxygens (including phenoxy) is 1. The summed E-state index contributed by atoms with van der Waals surface area (Å²) < 4.78 is 23.4. The zero-order valence-electron chi connectivity index (χ0n) is 32.9. The standard InChI is InChI=1S/C43H50FN9O5/c1-49-16-13-39(48-49)58-43(14-20-52(21-15-43)31-23-36(47-45-24-31)34-4-2-3-5-37(34)54)41(57)53-27-42(28-53)25-50(26-42)17-10-29-11-18-51(19-12-29)30-6-7-32(35(44)22-30)33-8-9-38(55)46-40(33)56/h2-7,13,16,22-24,29,33,54H,8-12,14-15,17-21,25-28H2,1H3,(H,46,55,56)/t33-/m1/s1. The van der Waals surface area contributed by atoms with Crippen molar-refractivity contribution in [2.24, 2.45) is 18.4 Å². The number of phenolic OH excluding ortho intramolecular Hbond substituents is 1. The summed E-state index contributed by atoms with van der Waals surface area (Å²) in [6.07, 6.45) is 8.30. The number of hydrogen-bond acceptors (Lipinski definition) is 11.